The molecular weight excluding hydrogens is 310 g/mol. The van der Waals surface area contributed by atoms with Crippen LogP contribution in [0.4, 0.5) is 5.82 Å². The number of aromatic nitrogens is 1. The van der Waals surface area contributed by atoms with Crippen molar-refractivity contribution in [2.45, 2.75) is 25.5 Å². The molecule has 4 rings (SSSR count). The molecule has 25 heavy (non-hydrogen) atoms. The van der Waals surface area contributed by atoms with Crippen LogP contribution in [0.2, 0.25) is 0 Å². The molecule has 1 aliphatic rings. The van der Waals surface area contributed by atoms with Crippen molar-refractivity contribution in [2.24, 2.45) is 0 Å². The Morgan fingerprint density at radius 1 is 1.12 bits per heavy atom. The van der Waals surface area contributed by atoms with Crippen LogP contribution in [0.25, 0.3) is 10.8 Å². The number of benzene rings is 2. The van der Waals surface area contributed by atoms with E-state index in [1.54, 1.807) is 6.20 Å². The van der Waals surface area contributed by atoms with Gasteiger partial charge in [0.2, 0.25) is 0 Å². The second-order valence-electron chi connectivity index (χ2n) is 6.68. The van der Waals surface area contributed by atoms with Crippen LogP contribution in [0, 0.1) is 0 Å². The second kappa shape index (κ2) is 7.11. The summed E-state index contributed by atoms with van der Waals surface area (Å²) in [7, 11) is 0. The lowest BCUT2D eigenvalue weighted by Gasteiger charge is -2.33. The summed E-state index contributed by atoms with van der Waals surface area (Å²) in [6.07, 6.45) is 4.24. The van der Waals surface area contributed by atoms with Crippen LogP contribution in [-0.4, -0.2) is 29.1 Å². The van der Waals surface area contributed by atoms with Crippen LogP contribution < -0.4 is 10.5 Å². The van der Waals surface area contributed by atoms with Crippen molar-refractivity contribution in [3.05, 3.63) is 66.4 Å². The molecule has 1 aliphatic heterocycles. The van der Waals surface area contributed by atoms with E-state index in [2.05, 4.69) is 46.3 Å². The monoisotopic (exact) mass is 333 g/mol. The second-order valence-corrected chi connectivity index (χ2v) is 6.68. The van der Waals surface area contributed by atoms with E-state index in [9.17, 15) is 0 Å². The first-order valence-electron chi connectivity index (χ1n) is 8.85. The van der Waals surface area contributed by atoms with E-state index in [0.717, 1.165) is 42.6 Å². The first kappa shape index (κ1) is 15.9. The van der Waals surface area contributed by atoms with Crippen LogP contribution in [0.3, 0.4) is 0 Å². The zero-order valence-corrected chi connectivity index (χ0v) is 14.3. The molecule has 4 nitrogen and oxygen atoms in total. The van der Waals surface area contributed by atoms with Gasteiger partial charge >= 0.3 is 0 Å². The molecule has 1 saturated heterocycles. The highest BCUT2D eigenvalue weighted by molar-refractivity contribution is 5.91. The van der Waals surface area contributed by atoms with Crippen LogP contribution in [0.5, 0.6) is 5.75 Å². The quantitative estimate of drug-likeness (QED) is 0.788. The molecule has 4 heteroatoms. The Bertz CT molecular complexity index is 850. The maximum atomic E-state index is 6.27. The topological polar surface area (TPSA) is 51.4 Å². The molecule has 128 valence electrons. The number of nitrogens with zero attached hydrogens (tertiary/aromatic N) is 2. The van der Waals surface area contributed by atoms with Gasteiger partial charge in [-0.25, -0.2) is 4.98 Å². The van der Waals surface area contributed by atoms with Gasteiger partial charge in [-0.1, -0.05) is 30.3 Å². The molecule has 2 N–H and O–H groups in total. The molecule has 0 aliphatic carbocycles. The molecular formula is C21H23N3O. The van der Waals surface area contributed by atoms with E-state index in [0.29, 0.717) is 5.82 Å². The Kier molecular flexibility index (Phi) is 4.53. The molecule has 3 aromatic rings. The third-order valence-electron chi connectivity index (χ3n) is 4.78. The average Bonchev–Trinajstić information content (AvgIpc) is 2.63. The number of ether oxygens (including phenoxy) is 1. The van der Waals surface area contributed by atoms with Gasteiger partial charge in [0.25, 0.3) is 0 Å². The molecule has 2 heterocycles. The summed E-state index contributed by atoms with van der Waals surface area (Å²) in [4.78, 5) is 6.61. The van der Waals surface area contributed by atoms with Gasteiger partial charge in [0, 0.05) is 24.7 Å². The van der Waals surface area contributed by atoms with Crippen molar-refractivity contribution >= 4 is 16.6 Å². The van der Waals surface area contributed by atoms with Gasteiger partial charge in [-0.2, -0.15) is 0 Å². The fourth-order valence-electron chi connectivity index (χ4n) is 3.54. The number of nitrogen functional groups attached to an aromatic ring is 1. The third-order valence-corrected chi connectivity index (χ3v) is 4.78. The van der Waals surface area contributed by atoms with Crippen molar-refractivity contribution in [2.75, 3.05) is 18.8 Å². The van der Waals surface area contributed by atoms with Crippen LogP contribution in [-0.2, 0) is 6.54 Å². The van der Waals surface area contributed by atoms with E-state index >= 15 is 0 Å². The lowest BCUT2D eigenvalue weighted by molar-refractivity contribution is 0.0844. The molecule has 1 atom stereocenters. The van der Waals surface area contributed by atoms with Gasteiger partial charge in [0.1, 0.15) is 17.7 Å². The highest BCUT2D eigenvalue weighted by Crippen LogP contribution is 2.26. The van der Waals surface area contributed by atoms with Gasteiger partial charge in [-0.15, -0.1) is 0 Å². The summed E-state index contributed by atoms with van der Waals surface area (Å²) >= 11 is 0. The highest BCUT2D eigenvalue weighted by Gasteiger charge is 2.21. The normalized spacial score (nSPS) is 18.3. The number of nitrogens with two attached hydrogens (primary N) is 1. The van der Waals surface area contributed by atoms with Crippen molar-refractivity contribution in [3.63, 3.8) is 0 Å². The summed E-state index contributed by atoms with van der Waals surface area (Å²) in [5.74, 6) is 1.47. The first-order chi connectivity index (χ1) is 12.3. The standard InChI is InChI=1S/C21H23N3O/c22-21-20-9-8-18(13-17(20)10-11-23-21)25-19-7-4-12-24(15-19)14-16-5-2-1-3-6-16/h1-3,5-6,8-11,13,19H,4,7,12,14-15H2,(H2,22,23)/t19-/m1/s1. The van der Waals surface area contributed by atoms with E-state index in [1.807, 2.05) is 18.2 Å². The number of fused-ring (bicyclic) bond motifs is 1. The Labute approximate surface area is 148 Å². The highest BCUT2D eigenvalue weighted by atomic mass is 16.5. The van der Waals surface area contributed by atoms with Crippen molar-refractivity contribution in [1.29, 1.82) is 0 Å². The summed E-state index contributed by atoms with van der Waals surface area (Å²) in [6, 6.07) is 18.7. The number of hydrogen-bond donors (Lipinski definition) is 1. The molecule has 0 bridgehead atoms. The minimum Gasteiger partial charge on any atom is -0.489 e. The van der Waals surface area contributed by atoms with E-state index in [4.69, 9.17) is 10.5 Å². The largest absolute Gasteiger partial charge is 0.489 e. The number of rotatable bonds is 4. The lowest BCUT2D eigenvalue weighted by atomic mass is 10.1. The predicted octanol–water partition coefficient (Wildman–Crippen LogP) is 3.86. The Balaban J connectivity index is 1.43. The maximum Gasteiger partial charge on any atom is 0.131 e. The van der Waals surface area contributed by atoms with Crippen LogP contribution in [0.1, 0.15) is 18.4 Å². The molecule has 0 saturated carbocycles. The van der Waals surface area contributed by atoms with Gasteiger partial charge in [-0.3, -0.25) is 4.90 Å². The van der Waals surface area contributed by atoms with E-state index in [-0.39, 0.29) is 6.10 Å². The Morgan fingerprint density at radius 3 is 2.88 bits per heavy atom. The third kappa shape index (κ3) is 3.74. The fraction of sp³-hybridized carbons (Fsp3) is 0.286. The molecule has 1 fully saturated rings. The average molecular weight is 333 g/mol. The number of piperidine rings is 1. The number of anilines is 1. The predicted molar refractivity (Wildman–Crippen MR) is 102 cm³/mol. The van der Waals surface area contributed by atoms with E-state index in [1.165, 1.54) is 12.0 Å². The molecule has 0 amide bonds. The minimum atomic E-state index is 0.231. The van der Waals surface area contributed by atoms with Gasteiger partial charge < -0.3 is 10.5 Å². The first-order valence-corrected chi connectivity index (χ1v) is 8.85. The SMILES string of the molecule is Nc1nccc2cc(O[C@@H]3CCCN(Cc4ccccc4)C3)ccc12. The molecule has 1 aromatic heterocycles. The van der Waals surface area contributed by atoms with Crippen molar-refractivity contribution in [3.8, 4) is 5.75 Å². The van der Waals surface area contributed by atoms with E-state index < -0.39 is 0 Å². The minimum absolute atomic E-state index is 0.231. The summed E-state index contributed by atoms with van der Waals surface area (Å²) in [5.41, 5.74) is 7.28. The molecule has 0 radical (unpaired) electrons. The van der Waals surface area contributed by atoms with Gasteiger partial charge in [0.05, 0.1) is 0 Å². The van der Waals surface area contributed by atoms with Gasteiger partial charge in [-0.05, 0) is 54.6 Å². The maximum absolute atomic E-state index is 6.27. The molecule has 0 spiro atoms. The Hall–Kier alpha value is -2.59. The van der Waals surface area contributed by atoms with Crippen LogP contribution in [0.15, 0.2) is 60.8 Å². The number of likely N-dealkylation sites (tertiary alicyclic amines) is 1. The molecule has 0 unspecified atom stereocenters. The zero-order chi connectivity index (χ0) is 17.1. The Morgan fingerprint density at radius 2 is 2.00 bits per heavy atom. The summed E-state index contributed by atoms with van der Waals surface area (Å²) in [6.45, 7) is 3.08. The molecule has 2 aromatic carbocycles. The smallest absolute Gasteiger partial charge is 0.131 e. The van der Waals surface area contributed by atoms with Gasteiger partial charge in [0.15, 0.2) is 0 Å². The number of pyridine rings is 1. The summed E-state index contributed by atoms with van der Waals surface area (Å²) in [5, 5.41) is 2.05. The van der Waals surface area contributed by atoms with Crippen molar-refractivity contribution in [1.82, 2.24) is 9.88 Å². The van der Waals surface area contributed by atoms with Crippen LogP contribution >= 0.6 is 0 Å². The fourth-order valence-corrected chi connectivity index (χ4v) is 3.54. The lowest BCUT2D eigenvalue weighted by Crippen LogP contribution is -2.40. The summed E-state index contributed by atoms with van der Waals surface area (Å²) < 4.78 is 6.27. The zero-order valence-electron chi connectivity index (χ0n) is 14.3. The number of hydrogen-bond acceptors (Lipinski definition) is 4. The van der Waals surface area contributed by atoms with Crippen molar-refractivity contribution < 1.29 is 4.74 Å².